The molecule has 0 aromatic heterocycles. The molecule has 2 N–H and O–H groups in total. The first-order valence-electron chi connectivity index (χ1n) is 6.29. The highest BCUT2D eigenvalue weighted by atomic mass is 19.1. The molecule has 0 radical (unpaired) electrons. The van der Waals surface area contributed by atoms with E-state index >= 15 is 0 Å². The van der Waals surface area contributed by atoms with Gasteiger partial charge in [-0.1, -0.05) is 29.8 Å². The normalized spacial score (nSPS) is 12.4. The maximum atomic E-state index is 13.5. The number of hydrogen-bond donors (Lipinski definition) is 1. The number of aryl methyl sites for hydroxylation is 1. The van der Waals surface area contributed by atoms with Gasteiger partial charge in [-0.2, -0.15) is 0 Å². The van der Waals surface area contributed by atoms with Crippen molar-refractivity contribution in [1.29, 1.82) is 0 Å². The number of halogens is 2. The molecular formula is C16H17F2N. The van der Waals surface area contributed by atoms with Crippen LogP contribution in [0, 0.1) is 18.6 Å². The van der Waals surface area contributed by atoms with E-state index in [0.717, 1.165) is 17.7 Å². The number of hydrogen-bond acceptors (Lipinski definition) is 1. The van der Waals surface area contributed by atoms with Crippen LogP contribution in [0.25, 0.3) is 0 Å². The summed E-state index contributed by atoms with van der Waals surface area (Å²) >= 11 is 0. The fraction of sp³-hybridized carbons (Fsp3) is 0.250. The standard InChI is InChI=1S/C16H17F2N/c1-11-2-4-12(5-3-11)8-15(19)10-13-9-14(17)6-7-16(13)18/h2-7,9,15H,8,10,19H2,1H3. The van der Waals surface area contributed by atoms with Crippen LogP contribution >= 0.6 is 0 Å². The summed E-state index contributed by atoms with van der Waals surface area (Å²) in [5.41, 5.74) is 8.63. The minimum Gasteiger partial charge on any atom is -0.327 e. The molecule has 1 unspecified atom stereocenters. The molecule has 0 saturated heterocycles. The van der Waals surface area contributed by atoms with Crippen LogP contribution < -0.4 is 5.73 Å². The van der Waals surface area contributed by atoms with E-state index < -0.39 is 11.6 Å². The number of rotatable bonds is 4. The molecule has 0 aliphatic heterocycles. The van der Waals surface area contributed by atoms with Crippen molar-refractivity contribution in [2.24, 2.45) is 5.73 Å². The van der Waals surface area contributed by atoms with Crippen LogP contribution in [-0.4, -0.2) is 6.04 Å². The highest BCUT2D eigenvalue weighted by molar-refractivity contribution is 5.24. The molecule has 2 aromatic rings. The Hall–Kier alpha value is -1.74. The van der Waals surface area contributed by atoms with Crippen LogP contribution in [0.15, 0.2) is 42.5 Å². The lowest BCUT2D eigenvalue weighted by Crippen LogP contribution is -2.26. The lowest BCUT2D eigenvalue weighted by Gasteiger charge is -2.12. The van der Waals surface area contributed by atoms with Gasteiger partial charge in [0.15, 0.2) is 0 Å². The van der Waals surface area contributed by atoms with Gasteiger partial charge in [0.25, 0.3) is 0 Å². The predicted molar refractivity (Wildman–Crippen MR) is 72.9 cm³/mol. The predicted octanol–water partition coefficient (Wildman–Crippen LogP) is 3.39. The Morgan fingerprint density at radius 2 is 1.68 bits per heavy atom. The van der Waals surface area contributed by atoms with E-state index in [1.54, 1.807) is 0 Å². The SMILES string of the molecule is Cc1ccc(CC(N)Cc2cc(F)ccc2F)cc1. The second-order valence-electron chi connectivity index (χ2n) is 4.89. The summed E-state index contributed by atoms with van der Waals surface area (Å²) in [5.74, 6) is -0.834. The second kappa shape index (κ2) is 5.93. The van der Waals surface area contributed by atoms with Crippen molar-refractivity contribution in [1.82, 2.24) is 0 Å². The van der Waals surface area contributed by atoms with Crippen molar-refractivity contribution in [2.45, 2.75) is 25.8 Å². The van der Waals surface area contributed by atoms with E-state index in [2.05, 4.69) is 0 Å². The fourth-order valence-corrected chi connectivity index (χ4v) is 2.08. The highest BCUT2D eigenvalue weighted by Gasteiger charge is 2.10. The van der Waals surface area contributed by atoms with E-state index in [4.69, 9.17) is 5.73 Å². The Balaban J connectivity index is 2.02. The average molecular weight is 261 g/mol. The molecule has 19 heavy (non-hydrogen) atoms. The van der Waals surface area contributed by atoms with E-state index in [0.29, 0.717) is 18.4 Å². The van der Waals surface area contributed by atoms with Gasteiger partial charge in [0.2, 0.25) is 0 Å². The topological polar surface area (TPSA) is 26.0 Å². The van der Waals surface area contributed by atoms with Crippen LogP contribution in [0.4, 0.5) is 8.78 Å². The van der Waals surface area contributed by atoms with Gasteiger partial charge in [-0.25, -0.2) is 8.78 Å². The quantitative estimate of drug-likeness (QED) is 0.897. The van der Waals surface area contributed by atoms with Crippen LogP contribution in [-0.2, 0) is 12.8 Å². The van der Waals surface area contributed by atoms with Crippen molar-refractivity contribution in [3.8, 4) is 0 Å². The average Bonchev–Trinajstić information content (AvgIpc) is 2.37. The van der Waals surface area contributed by atoms with Crippen molar-refractivity contribution in [2.75, 3.05) is 0 Å². The Labute approximate surface area is 112 Å². The van der Waals surface area contributed by atoms with Gasteiger partial charge in [-0.3, -0.25) is 0 Å². The van der Waals surface area contributed by atoms with E-state index in [-0.39, 0.29) is 6.04 Å². The summed E-state index contributed by atoms with van der Waals surface area (Å²) in [6, 6.07) is 11.3. The summed E-state index contributed by atoms with van der Waals surface area (Å²) in [6.45, 7) is 2.02. The minimum absolute atomic E-state index is 0.223. The van der Waals surface area contributed by atoms with Crippen molar-refractivity contribution in [3.05, 3.63) is 70.8 Å². The summed E-state index contributed by atoms with van der Waals surface area (Å²) in [7, 11) is 0. The molecule has 100 valence electrons. The monoisotopic (exact) mass is 261 g/mol. The van der Waals surface area contributed by atoms with Gasteiger partial charge in [0.1, 0.15) is 11.6 Å². The largest absolute Gasteiger partial charge is 0.327 e. The lowest BCUT2D eigenvalue weighted by atomic mass is 9.99. The lowest BCUT2D eigenvalue weighted by molar-refractivity contribution is 0.566. The molecule has 2 rings (SSSR count). The van der Waals surface area contributed by atoms with Gasteiger partial charge in [0, 0.05) is 6.04 Å². The minimum atomic E-state index is -0.432. The summed E-state index contributed by atoms with van der Waals surface area (Å²) in [5, 5.41) is 0. The molecule has 0 spiro atoms. The van der Waals surface area contributed by atoms with Gasteiger partial charge in [0.05, 0.1) is 0 Å². The first kappa shape index (κ1) is 13.7. The van der Waals surface area contributed by atoms with Crippen molar-refractivity contribution < 1.29 is 8.78 Å². The van der Waals surface area contributed by atoms with Crippen LogP contribution in [0.1, 0.15) is 16.7 Å². The van der Waals surface area contributed by atoms with Crippen LogP contribution in [0.3, 0.4) is 0 Å². The van der Waals surface area contributed by atoms with Crippen molar-refractivity contribution in [3.63, 3.8) is 0 Å². The van der Waals surface area contributed by atoms with E-state index in [1.165, 1.54) is 11.6 Å². The molecule has 0 aliphatic rings. The van der Waals surface area contributed by atoms with Crippen molar-refractivity contribution >= 4 is 0 Å². The summed E-state index contributed by atoms with van der Waals surface area (Å²) in [6.07, 6.45) is 0.980. The third-order valence-electron chi connectivity index (χ3n) is 3.11. The summed E-state index contributed by atoms with van der Waals surface area (Å²) < 4.78 is 26.6. The second-order valence-corrected chi connectivity index (χ2v) is 4.89. The Morgan fingerprint density at radius 3 is 2.37 bits per heavy atom. The molecule has 2 aromatic carbocycles. The smallest absolute Gasteiger partial charge is 0.126 e. The van der Waals surface area contributed by atoms with Gasteiger partial charge in [-0.05, 0) is 49.1 Å². The third-order valence-corrected chi connectivity index (χ3v) is 3.11. The van der Waals surface area contributed by atoms with E-state index in [9.17, 15) is 8.78 Å². The highest BCUT2D eigenvalue weighted by Crippen LogP contribution is 2.13. The maximum absolute atomic E-state index is 13.5. The fourth-order valence-electron chi connectivity index (χ4n) is 2.08. The molecular weight excluding hydrogens is 244 g/mol. The first-order valence-corrected chi connectivity index (χ1v) is 6.29. The molecule has 1 atom stereocenters. The number of nitrogens with two attached hydrogens (primary N) is 1. The van der Waals surface area contributed by atoms with Crippen LogP contribution in [0.5, 0.6) is 0 Å². The Bertz CT molecular complexity index is 549. The van der Waals surface area contributed by atoms with Gasteiger partial charge >= 0.3 is 0 Å². The van der Waals surface area contributed by atoms with Gasteiger partial charge in [-0.15, -0.1) is 0 Å². The van der Waals surface area contributed by atoms with Gasteiger partial charge < -0.3 is 5.73 Å². The molecule has 1 nitrogen and oxygen atoms in total. The summed E-state index contributed by atoms with van der Waals surface area (Å²) in [4.78, 5) is 0. The zero-order chi connectivity index (χ0) is 13.8. The third kappa shape index (κ3) is 3.86. The molecule has 3 heteroatoms. The molecule has 0 heterocycles. The zero-order valence-corrected chi connectivity index (χ0v) is 10.9. The molecule has 0 bridgehead atoms. The Kier molecular flexibility index (Phi) is 4.27. The zero-order valence-electron chi connectivity index (χ0n) is 10.9. The maximum Gasteiger partial charge on any atom is 0.126 e. The van der Waals surface area contributed by atoms with Crippen LogP contribution in [0.2, 0.25) is 0 Å². The molecule has 0 fully saturated rings. The number of benzene rings is 2. The van der Waals surface area contributed by atoms with E-state index in [1.807, 2.05) is 31.2 Å². The Morgan fingerprint density at radius 1 is 1.00 bits per heavy atom. The first-order chi connectivity index (χ1) is 9.04. The molecule has 0 amide bonds. The molecule has 0 aliphatic carbocycles. The molecule has 0 saturated carbocycles.